The molecule has 38 heavy (non-hydrogen) atoms. The molecule has 0 aromatic carbocycles. The van der Waals surface area contributed by atoms with Crippen LogP contribution < -0.4 is 11.1 Å². The van der Waals surface area contributed by atoms with E-state index in [0.717, 1.165) is 0 Å². The summed E-state index contributed by atoms with van der Waals surface area (Å²) < 4.78 is 28.2. The van der Waals surface area contributed by atoms with Crippen LogP contribution in [0.1, 0.15) is 92.4 Å². The highest BCUT2D eigenvalue weighted by molar-refractivity contribution is 5.77. The molecule has 12 heteroatoms. The highest BCUT2D eigenvalue weighted by Crippen LogP contribution is 2.29. The molecule has 1 heterocycles. The molecule has 12 nitrogen and oxygen atoms in total. The summed E-state index contributed by atoms with van der Waals surface area (Å²) in [5.74, 6) is -2.90. The molecule has 3 N–H and O–H groups in total. The summed E-state index contributed by atoms with van der Waals surface area (Å²) in [6.07, 6.45) is -2.43. The van der Waals surface area contributed by atoms with Crippen LogP contribution in [0, 0.1) is 0 Å². The molecule has 1 saturated heterocycles. The molecule has 6 atom stereocenters. The largest absolute Gasteiger partial charge is 0.462 e. The molecule has 1 aliphatic heterocycles. The van der Waals surface area contributed by atoms with Crippen molar-refractivity contribution in [3.63, 3.8) is 0 Å². The zero-order chi connectivity index (χ0) is 28.7. The molecule has 0 saturated carbocycles. The predicted octanol–water partition coefficient (Wildman–Crippen LogP) is 2.04. The van der Waals surface area contributed by atoms with Crippen molar-refractivity contribution in [1.29, 1.82) is 0 Å². The number of ether oxygens (including phenoxy) is 5. The third-order valence-corrected chi connectivity index (χ3v) is 5.73. The van der Waals surface area contributed by atoms with Crippen LogP contribution in [0.5, 0.6) is 0 Å². The van der Waals surface area contributed by atoms with E-state index in [9.17, 15) is 24.0 Å². The quantitative estimate of drug-likeness (QED) is 0.215. The molecule has 1 fully saturated rings. The van der Waals surface area contributed by atoms with Gasteiger partial charge in [-0.05, 0) is 32.1 Å². The van der Waals surface area contributed by atoms with Crippen LogP contribution in [0.15, 0.2) is 0 Å². The Kier molecular flexibility index (Phi) is 15.5. The minimum Gasteiger partial charge on any atom is -0.462 e. The number of hydrogen-bond acceptors (Lipinski definition) is 11. The van der Waals surface area contributed by atoms with Gasteiger partial charge in [0.05, 0.1) is 0 Å². The van der Waals surface area contributed by atoms with Crippen molar-refractivity contribution in [2.75, 3.05) is 6.61 Å². The fourth-order valence-corrected chi connectivity index (χ4v) is 3.72. The van der Waals surface area contributed by atoms with Gasteiger partial charge in [0.1, 0.15) is 24.8 Å². The van der Waals surface area contributed by atoms with Crippen LogP contribution in [0.4, 0.5) is 0 Å². The standard InChI is InChI=1S/C26H44N2O10/c1-6-11-18(29)28-22-24(37-20(31)13-8-3)23(36-19(30)12-7-2)17(15-34-25(33)16(27)10-5)35-26(22)38-21(32)14-9-4/h16-17,22-24,26H,6-15,27H2,1-5H3,(H,28,29)/t16-,17+,22+,23+,24+,26?/m0/s1. The molecular weight excluding hydrogens is 500 g/mol. The van der Waals surface area contributed by atoms with E-state index in [-0.39, 0.29) is 25.7 Å². The fraction of sp³-hybridized carbons (Fsp3) is 0.808. The van der Waals surface area contributed by atoms with Crippen molar-refractivity contribution in [2.45, 2.75) is 129 Å². The highest BCUT2D eigenvalue weighted by atomic mass is 16.7. The minimum atomic E-state index is -1.40. The van der Waals surface area contributed by atoms with Gasteiger partial charge in [-0.2, -0.15) is 0 Å². The topological polar surface area (TPSA) is 170 Å². The first-order valence-electron chi connectivity index (χ1n) is 13.6. The Bertz CT molecular complexity index is 790. The summed E-state index contributed by atoms with van der Waals surface area (Å²) in [4.78, 5) is 62.5. The number of nitrogens with two attached hydrogens (primary N) is 1. The van der Waals surface area contributed by atoms with Crippen molar-refractivity contribution in [3.05, 3.63) is 0 Å². The van der Waals surface area contributed by atoms with E-state index in [1.165, 1.54) is 0 Å². The molecule has 0 spiro atoms. The smallest absolute Gasteiger partial charge is 0.322 e. The lowest BCUT2D eigenvalue weighted by atomic mass is 9.95. The van der Waals surface area contributed by atoms with Crippen LogP contribution >= 0.6 is 0 Å². The Hall–Kier alpha value is -2.73. The Labute approximate surface area is 224 Å². The summed E-state index contributed by atoms with van der Waals surface area (Å²) >= 11 is 0. The first-order chi connectivity index (χ1) is 18.1. The number of carbonyl (C=O) groups excluding carboxylic acids is 5. The number of esters is 4. The second-order valence-electron chi connectivity index (χ2n) is 9.18. The van der Waals surface area contributed by atoms with Gasteiger partial charge in [0.2, 0.25) is 12.2 Å². The minimum absolute atomic E-state index is 0.0634. The van der Waals surface area contributed by atoms with Gasteiger partial charge in [0, 0.05) is 25.7 Å². The van der Waals surface area contributed by atoms with Crippen LogP contribution in [0.25, 0.3) is 0 Å². The average Bonchev–Trinajstić information content (AvgIpc) is 2.86. The Morgan fingerprint density at radius 3 is 1.76 bits per heavy atom. The second-order valence-corrected chi connectivity index (χ2v) is 9.18. The number of nitrogens with one attached hydrogen (secondary N) is 1. The zero-order valence-corrected chi connectivity index (χ0v) is 23.2. The van der Waals surface area contributed by atoms with Crippen LogP contribution in [0.2, 0.25) is 0 Å². The van der Waals surface area contributed by atoms with E-state index in [1.807, 2.05) is 6.92 Å². The van der Waals surface area contributed by atoms with Gasteiger partial charge in [-0.1, -0.05) is 34.6 Å². The van der Waals surface area contributed by atoms with Gasteiger partial charge in [0.25, 0.3) is 0 Å². The van der Waals surface area contributed by atoms with Crippen molar-refractivity contribution in [2.24, 2.45) is 5.73 Å². The summed E-state index contributed by atoms with van der Waals surface area (Å²) in [6.45, 7) is 8.49. The van der Waals surface area contributed by atoms with E-state index in [1.54, 1.807) is 27.7 Å². The lowest BCUT2D eigenvalue weighted by Gasteiger charge is -2.44. The van der Waals surface area contributed by atoms with Gasteiger partial charge in [0.15, 0.2) is 12.2 Å². The van der Waals surface area contributed by atoms with Crippen molar-refractivity contribution in [3.8, 4) is 0 Å². The van der Waals surface area contributed by atoms with Gasteiger partial charge >= 0.3 is 23.9 Å². The van der Waals surface area contributed by atoms with E-state index in [0.29, 0.717) is 32.1 Å². The van der Waals surface area contributed by atoms with Crippen LogP contribution in [-0.4, -0.2) is 73.1 Å². The third kappa shape index (κ3) is 10.9. The van der Waals surface area contributed by atoms with E-state index in [2.05, 4.69) is 5.32 Å². The predicted molar refractivity (Wildman–Crippen MR) is 135 cm³/mol. The molecule has 1 rings (SSSR count). The molecule has 0 aliphatic carbocycles. The van der Waals surface area contributed by atoms with E-state index in [4.69, 9.17) is 29.4 Å². The highest BCUT2D eigenvalue weighted by Gasteiger charge is 2.52. The SMILES string of the molecule is CCCC(=O)N[C@H]1C(OC(=O)CCC)O[C@H](COC(=O)[C@@H](N)CC)[C@@H](OC(=O)CCC)[C@@H]1OC(=O)CCC. The molecule has 1 unspecified atom stereocenters. The molecule has 0 radical (unpaired) electrons. The molecule has 1 aliphatic rings. The summed E-state index contributed by atoms with van der Waals surface area (Å²) in [5, 5.41) is 2.73. The molecular formula is C26H44N2O10. The normalized spacial score (nSPS) is 23.6. The van der Waals surface area contributed by atoms with Gasteiger partial charge in [-0.15, -0.1) is 0 Å². The summed E-state index contributed by atoms with van der Waals surface area (Å²) in [6, 6.07) is -2.06. The first kappa shape index (κ1) is 33.3. The zero-order valence-electron chi connectivity index (χ0n) is 23.2. The third-order valence-electron chi connectivity index (χ3n) is 5.73. The maximum Gasteiger partial charge on any atom is 0.322 e. The number of hydrogen-bond donors (Lipinski definition) is 2. The van der Waals surface area contributed by atoms with Crippen LogP contribution in [-0.2, 0) is 47.7 Å². The lowest BCUT2D eigenvalue weighted by molar-refractivity contribution is -0.272. The Balaban J connectivity index is 3.48. The number of rotatable bonds is 16. The molecule has 0 aromatic heterocycles. The summed E-state index contributed by atoms with van der Waals surface area (Å²) in [7, 11) is 0. The second kappa shape index (κ2) is 17.7. The van der Waals surface area contributed by atoms with Crippen molar-refractivity contribution >= 4 is 29.8 Å². The Morgan fingerprint density at radius 1 is 0.763 bits per heavy atom. The molecule has 1 amide bonds. The van der Waals surface area contributed by atoms with Crippen LogP contribution in [0.3, 0.4) is 0 Å². The van der Waals surface area contributed by atoms with Gasteiger partial charge < -0.3 is 34.7 Å². The fourth-order valence-electron chi connectivity index (χ4n) is 3.72. The number of carbonyl (C=O) groups is 5. The lowest BCUT2D eigenvalue weighted by Crippen LogP contribution is -2.67. The van der Waals surface area contributed by atoms with Gasteiger partial charge in [-0.3, -0.25) is 24.0 Å². The monoisotopic (exact) mass is 544 g/mol. The van der Waals surface area contributed by atoms with E-state index >= 15 is 0 Å². The van der Waals surface area contributed by atoms with Gasteiger partial charge in [-0.25, -0.2) is 0 Å². The average molecular weight is 545 g/mol. The molecule has 218 valence electrons. The van der Waals surface area contributed by atoms with Crippen molar-refractivity contribution in [1.82, 2.24) is 5.32 Å². The maximum atomic E-state index is 12.6. The Morgan fingerprint density at radius 2 is 1.26 bits per heavy atom. The number of amides is 1. The van der Waals surface area contributed by atoms with Crippen molar-refractivity contribution < 1.29 is 47.7 Å². The van der Waals surface area contributed by atoms with E-state index < -0.39 is 73.1 Å². The molecule has 0 aromatic rings. The summed E-state index contributed by atoms with van der Waals surface area (Å²) in [5.41, 5.74) is 5.76. The first-order valence-corrected chi connectivity index (χ1v) is 13.6. The maximum absolute atomic E-state index is 12.6. The molecule has 0 bridgehead atoms.